The number of rotatable bonds is 6. The molecule has 0 N–H and O–H groups in total. The molecule has 1 amide bonds. The summed E-state index contributed by atoms with van der Waals surface area (Å²) >= 11 is 0. The summed E-state index contributed by atoms with van der Waals surface area (Å²) < 4.78 is 11.0. The molecule has 1 saturated heterocycles. The molecule has 3 rings (SSSR count). The van der Waals surface area contributed by atoms with Gasteiger partial charge in [0.05, 0.1) is 20.1 Å². The number of methoxy groups -OCH3 is 1. The molecule has 0 aliphatic carbocycles. The molecule has 0 spiro atoms. The minimum atomic E-state index is -0.127. The third kappa shape index (κ3) is 4.40. The Bertz CT molecular complexity index is 727. The van der Waals surface area contributed by atoms with Gasteiger partial charge >= 0.3 is 0 Å². The summed E-state index contributed by atoms with van der Waals surface area (Å²) in [5, 5.41) is 8.32. The molecule has 140 valence electrons. The molecule has 2 heterocycles. The van der Waals surface area contributed by atoms with Crippen molar-refractivity contribution in [3.63, 3.8) is 0 Å². The first-order valence-corrected chi connectivity index (χ1v) is 8.96. The van der Waals surface area contributed by atoms with Crippen molar-refractivity contribution in [3.8, 4) is 5.75 Å². The first-order chi connectivity index (χ1) is 12.6. The van der Waals surface area contributed by atoms with E-state index in [2.05, 4.69) is 10.2 Å². The topological polar surface area (TPSA) is 71.7 Å². The zero-order valence-corrected chi connectivity index (χ0v) is 15.6. The summed E-state index contributed by atoms with van der Waals surface area (Å²) in [6, 6.07) is 7.48. The Kier molecular flexibility index (Phi) is 5.88. The van der Waals surface area contributed by atoms with Crippen LogP contribution in [-0.2, 0) is 17.8 Å². The molecule has 1 aromatic heterocycles. The van der Waals surface area contributed by atoms with E-state index < -0.39 is 0 Å². The lowest BCUT2D eigenvalue weighted by Gasteiger charge is -2.33. The highest BCUT2D eigenvalue weighted by Crippen LogP contribution is 2.31. The molecule has 26 heavy (non-hydrogen) atoms. The largest absolute Gasteiger partial charge is 0.497 e. The molecule has 1 atom stereocenters. The zero-order chi connectivity index (χ0) is 18.5. The Morgan fingerprint density at radius 2 is 2.04 bits per heavy atom. The van der Waals surface area contributed by atoms with Gasteiger partial charge in [-0.1, -0.05) is 12.1 Å². The van der Waals surface area contributed by atoms with Crippen molar-refractivity contribution >= 4 is 5.91 Å². The van der Waals surface area contributed by atoms with Crippen LogP contribution in [-0.4, -0.2) is 53.7 Å². The molecule has 1 fully saturated rings. The molecule has 7 heteroatoms. The van der Waals surface area contributed by atoms with Gasteiger partial charge in [0.15, 0.2) is 0 Å². The molecule has 7 nitrogen and oxygen atoms in total. The van der Waals surface area contributed by atoms with Gasteiger partial charge in [0, 0.05) is 6.54 Å². The Balaban J connectivity index is 1.71. The number of ether oxygens (including phenoxy) is 1. The van der Waals surface area contributed by atoms with Crippen molar-refractivity contribution in [2.45, 2.75) is 38.3 Å². The normalized spacial score (nSPS) is 17.5. The maximum absolute atomic E-state index is 12.9. The predicted molar refractivity (Wildman–Crippen MR) is 96.7 cm³/mol. The van der Waals surface area contributed by atoms with Crippen LogP contribution in [0.2, 0.25) is 0 Å². The molecule has 0 saturated carbocycles. The van der Waals surface area contributed by atoms with Crippen LogP contribution in [0.5, 0.6) is 5.75 Å². The molecular formula is C19H26N4O3. The van der Waals surface area contributed by atoms with Crippen molar-refractivity contribution in [1.82, 2.24) is 20.0 Å². The average Bonchev–Trinajstić information content (AvgIpc) is 3.10. The van der Waals surface area contributed by atoms with Crippen LogP contribution >= 0.6 is 0 Å². The summed E-state index contributed by atoms with van der Waals surface area (Å²) in [4.78, 5) is 16.8. The summed E-state index contributed by atoms with van der Waals surface area (Å²) in [6.07, 6.45) is 3.28. The maximum atomic E-state index is 12.9. The highest BCUT2D eigenvalue weighted by molar-refractivity contribution is 5.79. The second kappa shape index (κ2) is 8.31. The number of carbonyl (C=O) groups is 1. The zero-order valence-electron chi connectivity index (χ0n) is 15.6. The smallest absolute Gasteiger partial charge is 0.239 e. The predicted octanol–water partition coefficient (Wildman–Crippen LogP) is 2.44. The second-order valence-electron chi connectivity index (χ2n) is 6.90. The van der Waals surface area contributed by atoms with Gasteiger partial charge in [-0.25, -0.2) is 0 Å². The Hall–Kier alpha value is -2.41. The molecule has 1 aliphatic rings. The van der Waals surface area contributed by atoms with Crippen molar-refractivity contribution < 1.29 is 13.9 Å². The van der Waals surface area contributed by atoms with E-state index in [1.807, 2.05) is 48.2 Å². The standard InChI is InChI=1S/C19H26N4O3/c1-22(2)13-17-20-21-19(26-17)16-6-4-5-11-23(16)18(24)12-14-7-9-15(25-3)10-8-14/h7-10,16H,4-6,11-13H2,1-3H3/t16-/m0/s1. The van der Waals surface area contributed by atoms with Crippen molar-refractivity contribution in [1.29, 1.82) is 0 Å². The van der Waals surface area contributed by atoms with E-state index in [9.17, 15) is 4.79 Å². The van der Waals surface area contributed by atoms with Gasteiger partial charge in [0.2, 0.25) is 17.7 Å². The summed E-state index contributed by atoms with van der Waals surface area (Å²) in [5.41, 5.74) is 0.971. The Morgan fingerprint density at radius 1 is 1.27 bits per heavy atom. The third-order valence-corrected chi connectivity index (χ3v) is 4.56. The van der Waals surface area contributed by atoms with Crippen LogP contribution in [0, 0.1) is 0 Å². The number of hydrogen-bond donors (Lipinski definition) is 0. The van der Waals surface area contributed by atoms with Gasteiger partial charge < -0.3 is 19.0 Å². The molecule has 0 radical (unpaired) electrons. The molecule has 0 bridgehead atoms. The fourth-order valence-electron chi connectivity index (χ4n) is 3.24. The monoisotopic (exact) mass is 358 g/mol. The van der Waals surface area contributed by atoms with Gasteiger partial charge in [-0.3, -0.25) is 4.79 Å². The van der Waals surface area contributed by atoms with E-state index in [1.165, 1.54) is 0 Å². The molecule has 2 aromatic rings. The lowest BCUT2D eigenvalue weighted by Crippen LogP contribution is -2.39. The Labute approximate surface area is 153 Å². The third-order valence-electron chi connectivity index (χ3n) is 4.56. The van der Waals surface area contributed by atoms with Gasteiger partial charge in [0.25, 0.3) is 0 Å². The summed E-state index contributed by atoms with van der Waals surface area (Å²) in [5.74, 6) is 2.01. The van der Waals surface area contributed by atoms with Gasteiger partial charge in [-0.2, -0.15) is 0 Å². The molecule has 1 aromatic carbocycles. The SMILES string of the molecule is COc1ccc(CC(=O)N2CCCC[C@H]2c2nnc(CN(C)C)o2)cc1. The van der Waals surface area contributed by atoms with E-state index in [4.69, 9.17) is 9.15 Å². The first-order valence-electron chi connectivity index (χ1n) is 8.96. The van der Waals surface area contributed by atoms with E-state index in [0.29, 0.717) is 24.7 Å². The van der Waals surface area contributed by atoms with Crippen molar-refractivity contribution in [2.75, 3.05) is 27.7 Å². The number of likely N-dealkylation sites (tertiary alicyclic amines) is 1. The number of hydrogen-bond acceptors (Lipinski definition) is 6. The minimum Gasteiger partial charge on any atom is -0.497 e. The van der Waals surface area contributed by atoms with Crippen LogP contribution in [0.25, 0.3) is 0 Å². The molecule has 0 unspecified atom stereocenters. The number of amides is 1. The average molecular weight is 358 g/mol. The van der Waals surface area contributed by atoms with Gasteiger partial charge in [-0.15, -0.1) is 10.2 Å². The fraction of sp³-hybridized carbons (Fsp3) is 0.526. The number of carbonyl (C=O) groups excluding carboxylic acids is 1. The Morgan fingerprint density at radius 3 is 2.73 bits per heavy atom. The van der Waals surface area contributed by atoms with E-state index in [0.717, 1.165) is 37.1 Å². The quantitative estimate of drug-likeness (QED) is 0.790. The van der Waals surface area contributed by atoms with Crippen LogP contribution < -0.4 is 4.74 Å². The summed E-state index contributed by atoms with van der Waals surface area (Å²) in [6.45, 7) is 1.32. The van der Waals surface area contributed by atoms with E-state index in [1.54, 1.807) is 7.11 Å². The fourth-order valence-corrected chi connectivity index (χ4v) is 3.24. The first kappa shape index (κ1) is 18.4. The van der Waals surface area contributed by atoms with Crippen LogP contribution in [0.3, 0.4) is 0 Å². The highest BCUT2D eigenvalue weighted by Gasteiger charge is 2.31. The lowest BCUT2D eigenvalue weighted by atomic mass is 10.0. The van der Waals surface area contributed by atoms with Gasteiger partial charge in [-0.05, 0) is 51.1 Å². The number of aromatic nitrogens is 2. The highest BCUT2D eigenvalue weighted by atomic mass is 16.5. The molecule has 1 aliphatic heterocycles. The van der Waals surface area contributed by atoms with Crippen molar-refractivity contribution in [2.24, 2.45) is 0 Å². The van der Waals surface area contributed by atoms with Crippen molar-refractivity contribution in [3.05, 3.63) is 41.6 Å². The van der Waals surface area contributed by atoms with Gasteiger partial charge in [0.1, 0.15) is 11.8 Å². The number of nitrogens with zero attached hydrogens (tertiary/aromatic N) is 4. The van der Waals surface area contributed by atoms with Crippen LogP contribution in [0.1, 0.15) is 42.6 Å². The summed E-state index contributed by atoms with van der Waals surface area (Å²) in [7, 11) is 5.54. The second-order valence-corrected chi connectivity index (χ2v) is 6.90. The van der Waals surface area contributed by atoms with Crippen LogP contribution in [0.15, 0.2) is 28.7 Å². The minimum absolute atomic E-state index is 0.0900. The van der Waals surface area contributed by atoms with E-state index in [-0.39, 0.29) is 11.9 Å². The van der Waals surface area contributed by atoms with Crippen LogP contribution in [0.4, 0.5) is 0 Å². The lowest BCUT2D eigenvalue weighted by molar-refractivity contribution is -0.134. The molecular weight excluding hydrogens is 332 g/mol. The number of benzene rings is 1. The maximum Gasteiger partial charge on any atom is 0.239 e. The number of piperidine rings is 1. The van der Waals surface area contributed by atoms with E-state index >= 15 is 0 Å².